The van der Waals surface area contributed by atoms with Crippen molar-refractivity contribution >= 4 is 43.4 Å². The van der Waals surface area contributed by atoms with Crippen LogP contribution in [-0.2, 0) is 0 Å². The third kappa shape index (κ3) is 5.42. The van der Waals surface area contributed by atoms with Gasteiger partial charge in [0.05, 0.1) is 22.4 Å². The van der Waals surface area contributed by atoms with Gasteiger partial charge < -0.3 is 9.13 Å². The Kier molecular flexibility index (Phi) is 7.53. The highest BCUT2D eigenvalue weighted by Gasteiger charge is 2.17. The zero-order valence-electron chi connectivity index (χ0n) is 30.7. The number of fused-ring (bicyclic) bond motifs is 4. The van der Waals surface area contributed by atoms with Gasteiger partial charge in [0.1, 0.15) is 0 Å². The van der Waals surface area contributed by atoms with Gasteiger partial charge in [0.15, 0.2) is 0 Å². The van der Waals surface area contributed by atoms with Crippen molar-refractivity contribution in [2.75, 3.05) is 0 Å². The molecular weight excluding hydrogens is 677 g/mol. The molecule has 0 unspecified atom stereocenters. The molecule has 0 bridgehead atoms. The minimum absolute atomic E-state index is 1.13. The molecule has 56 heavy (non-hydrogen) atoms. The van der Waals surface area contributed by atoms with E-state index in [9.17, 15) is 0 Å². The van der Waals surface area contributed by atoms with E-state index in [4.69, 9.17) is 0 Å². The van der Waals surface area contributed by atoms with Crippen molar-refractivity contribution in [3.05, 3.63) is 219 Å². The number of aromatic nitrogens is 2. The first-order valence-corrected chi connectivity index (χ1v) is 19.2. The standard InChI is InChI=1S/C54H36N2/c1-3-12-37(13-4-1)39-26-29-47(30-27-39)56-53-34-44(23-25-46(53)35-54(56)45-24-22-38-14-7-8-18-42(38)32-45)43-28-31-52-49(33-43)50(41-15-5-2-6-16-41)36-55(52)51-21-11-19-40-17-9-10-20-48(40)51/h1-36H. The lowest BCUT2D eigenvalue weighted by Gasteiger charge is -2.14. The van der Waals surface area contributed by atoms with Crippen LogP contribution >= 0.6 is 0 Å². The first kappa shape index (κ1) is 32.0. The van der Waals surface area contributed by atoms with E-state index in [1.807, 2.05) is 0 Å². The summed E-state index contributed by atoms with van der Waals surface area (Å²) in [7, 11) is 0. The van der Waals surface area contributed by atoms with Gasteiger partial charge in [-0.15, -0.1) is 0 Å². The second-order valence-corrected chi connectivity index (χ2v) is 14.6. The van der Waals surface area contributed by atoms with Crippen LogP contribution in [0.4, 0.5) is 0 Å². The zero-order chi connectivity index (χ0) is 37.0. The summed E-state index contributed by atoms with van der Waals surface area (Å²) < 4.78 is 4.80. The van der Waals surface area contributed by atoms with Crippen LogP contribution in [0.3, 0.4) is 0 Å². The van der Waals surface area contributed by atoms with Gasteiger partial charge in [0, 0.05) is 33.6 Å². The lowest BCUT2D eigenvalue weighted by Crippen LogP contribution is -1.97. The lowest BCUT2D eigenvalue weighted by atomic mass is 9.99. The van der Waals surface area contributed by atoms with Crippen LogP contribution in [0.15, 0.2) is 219 Å². The van der Waals surface area contributed by atoms with E-state index in [1.54, 1.807) is 0 Å². The van der Waals surface area contributed by atoms with Crippen LogP contribution in [-0.4, -0.2) is 9.13 Å². The molecule has 0 fully saturated rings. The Morgan fingerprint density at radius 2 is 0.911 bits per heavy atom. The predicted molar refractivity (Wildman–Crippen MR) is 237 cm³/mol. The molecule has 262 valence electrons. The normalized spacial score (nSPS) is 11.6. The van der Waals surface area contributed by atoms with E-state index in [0.717, 1.165) is 5.69 Å². The van der Waals surface area contributed by atoms with Crippen LogP contribution in [0.5, 0.6) is 0 Å². The number of nitrogens with zero attached hydrogens (tertiary/aromatic N) is 2. The maximum atomic E-state index is 2.43. The van der Waals surface area contributed by atoms with E-state index in [2.05, 4.69) is 228 Å². The molecule has 2 nitrogen and oxygen atoms in total. The number of hydrogen-bond acceptors (Lipinski definition) is 0. The summed E-state index contributed by atoms with van der Waals surface area (Å²) in [5.41, 5.74) is 14.3. The summed E-state index contributed by atoms with van der Waals surface area (Å²) in [5, 5.41) is 7.38. The summed E-state index contributed by atoms with van der Waals surface area (Å²) in [6, 6.07) is 77.2. The average molecular weight is 713 g/mol. The van der Waals surface area contributed by atoms with E-state index < -0.39 is 0 Å². The Labute approximate surface area is 325 Å². The molecule has 0 saturated carbocycles. The van der Waals surface area contributed by atoms with Crippen molar-refractivity contribution in [3.63, 3.8) is 0 Å². The Morgan fingerprint density at radius 3 is 1.73 bits per heavy atom. The number of rotatable bonds is 6. The number of benzene rings is 9. The van der Waals surface area contributed by atoms with Gasteiger partial charge in [-0.1, -0.05) is 164 Å². The molecule has 0 radical (unpaired) electrons. The molecule has 0 amide bonds. The molecule has 11 aromatic rings. The highest BCUT2D eigenvalue weighted by atomic mass is 15.0. The van der Waals surface area contributed by atoms with Crippen LogP contribution in [0.2, 0.25) is 0 Å². The Hall–Kier alpha value is -7.42. The van der Waals surface area contributed by atoms with Gasteiger partial charge in [0.25, 0.3) is 0 Å². The van der Waals surface area contributed by atoms with Crippen molar-refractivity contribution in [1.82, 2.24) is 9.13 Å². The van der Waals surface area contributed by atoms with Gasteiger partial charge in [-0.2, -0.15) is 0 Å². The Bertz CT molecular complexity index is 3220. The van der Waals surface area contributed by atoms with Crippen LogP contribution in [0, 0.1) is 0 Å². The minimum Gasteiger partial charge on any atom is -0.315 e. The molecule has 0 aliphatic carbocycles. The van der Waals surface area contributed by atoms with Crippen LogP contribution < -0.4 is 0 Å². The second kappa shape index (κ2) is 13.2. The highest BCUT2D eigenvalue weighted by Crippen LogP contribution is 2.40. The molecule has 2 heterocycles. The van der Waals surface area contributed by atoms with Crippen LogP contribution in [0.25, 0.3) is 99.4 Å². The molecule has 0 saturated heterocycles. The summed E-state index contributed by atoms with van der Waals surface area (Å²) in [6.45, 7) is 0. The van der Waals surface area contributed by atoms with E-state index in [1.165, 1.54) is 93.7 Å². The molecule has 0 spiro atoms. The summed E-state index contributed by atoms with van der Waals surface area (Å²) in [5.74, 6) is 0. The zero-order valence-corrected chi connectivity index (χ0v) is 30.7. The van der Waals surface area contributed by atoms with E-state index in [-0.39, 0.29) is 0 Å². The van der Waals surface area contributed by atoms with Gasteiger partial charge in [0.2, 0.25) is 0 Å². The molecule has 0 N–H and O–H groups in total. The van der Waals surface area contributed by atoms with Crippen molar-refractivity contribution in [3.8, 4) is 56.0 Å². The first-order valence-electron chi connectivity index (χ1n) is 19.2. The molecular formula is C54H36N2. The summed E-state index contributed by atoms with van der Waals surface area (Å²) in [4.78, 5) is 0. The van der Waals surface area contributed by atoms with Crippen LogP contribution in [0.1, 0.15) is 0 Å². The van der Waals surface area contributed by atoms with Crippen molar-refractivity contribution in [2.45, 2.75) is 0 Å². The predicted octanol–water partition coefficient (Wildman–Crippen LogP) is 14.5. The molecule has 0 aliphatic heterocycles. The molecule has 9 aromatic carbocycles. The second-order valence-electron chi connectivity index (χ2n) is 14.6. The van der Waals surface area contributed by atoms with Gasteiger partial charge in [-0.3, -0.25) is 0 Å². The van der Waals surface area contributed by atoms with E-state index in [0.29, 0.717) is 0 Å². The highest BCUT2D eigenvalue weighted by molar-refractivity contribution is 6.02. The SMILES string of the molecule is c1ccc(-c2ccc(-n3c(-c4ccc5ccccc5c4)cc4ccc(-c5ccc6c(c5)c(-c5ccccc5)cn6-c5cccc6ccccc56)cc43)cc2)cc1. The third-order valence-corrected chi connectivity index (χ3v) is 11.3. The van der Waals surface area contributed by atoms with Crippen molar-refractivity contribution < 1.29 is 0 Å². The quantitative estimate of drug-likeness (QED) is 0.162. The molecule has 0 atom stereocenters. The fraction of sp³-hybridized carbons (Fsp3) is 0. The first-order chi connectivity index (χ1) is 27.7. The monoisotopic (exact) mass is 712 g/mol. The van der Waals surface area contributed by atoms with E-state index >= 15 is 0 Å². The Morgan fingerprint density at radius 1 is 0.304 bits per heavy atom. The van der Waals surface area contributed by atoms with Crippen molar-refractivity contribution in [1.29, 1.82) is 0 Å². The molecule has 2 heteroatoms. The average Bonchev–Trinajstić information content (AvgIpc) is 3.85. The van der Waals surface area contributed by atoms with Crippen molar-refractivity contribution in [2.24, 2.45) is 0 Å². The Balaban J connectivity index is 1.10. The van der Waals surface area contributed by atoms with Gasteiger partial charge in [-0.25, -0.2) is 0 Å². The summed E-state index contributed by atoms with van der Waals surface area (Å²) in [6.07, 6.45) is 2.31. The minimum atomic E-state index is 1.13. The van der Waals surface area contributed by atoms with Gasteiger partial charge >= 0.3 is 0 Å². The third-order valence-electron chi connectivity index (χ3n) is 11.3. The summed E-state index contributed by atoms with van der Waals surface area (Å²) >= 11 is 0. The maximum absolute atomic E-state index is 2.43. The molecule has 11 rings (SSSR count). The molecule has 0 aliphatic rings. The smallest absolute Gasteiger partial charge is 0.0541 e. The molecule has 2 aromatic heterocycles. The largest absolute Gasteiger partial charge is 0.315 e. The topological polar surface area (TPSA) is 9.86 Å². The lowest BCUT2D eigenvalue weighted by molar-refractivity contribution is 1.14. The fourth-order valence-electron chi connectivity index (χ4n) is 8.53. The van der Waals surface area contributed by atoms with Gasteiger partial charge in [-0.05, 0) is 98.1 Å². The maximum Gasteiger partial charge on any atom is 0.0541 e. The fourth-order valence-corrected chi connectivity index (χ4v) is 8.53. The number of hydrogen-bond donors (Lipinski definition) is 0.